The lowest BCUT2D eigenvalue weighted by molar-refractivity contribution is -0.0867. The first-order valence-electron chi connectivity index (χ1n) is 5.06. The predicted octanol–water partition coefficient (Wildman–Crippen LogP) is 4.94. The van der Waals surface area contributed by atoms with Crippen LogP contribution >= 0.6 is 10.5 Å². The summed E-state index contributed by atoms with van der Waals surface area (Å²) < 4.78 is 39.4. The summed E-state index contributed by atoms with van der Waals surface area (Å²) in [5.74, 6) is 0. The Bertz CT molecular complexity index is 523. The summed E-state index contributed by atoms with van der Waals surface area (Å²) in [6.07, 6.45) is 0.455. The fraction of sp³-hybridized carbons (Fsp3) is 0.333. The highest BCUT2D eigenvalue weighted by Gasteiger charge is 2.47. The van der Waals surface area contributed by atoms with Crippen LogP contribution in [-0.4, -0.2) is 0 Å². The second-order valence-electron chi connectivity index (χ2n) is 3.76. The van der Waals surface area contributed by atoms with Gasteiger partial charge >= 0.3 is 5.51 Å². The van der Waals surface area contributed by atoms with Gasteiger partial charge in [-0.1, -0.05) is 13.0 Å². The summed E-state index contributed by atoms with van der Waals surface area (Å²) in [7, 11) is -1.71. The number of hydrogen-bond donors (Lipinski definition) is 0. The number of alkyl halides is 3. The first-order valence-corrected chi connectivity index (χ1v) is 6.28. The third-order valence-corrected chi connectivity index (χ3v) is 4.73. The molecule has 16 heavy (non-hydrogen) atoms. The topological polar surface area (TPSA) is 0 Å². The molecule has 0 nitrogen and oxygen atoms in total. The molecule has 4 heteroatoms. The van der Waals surface area contributed by atoms with Crippen molar-refractivity contribution in [3.63, 3.8) is 0 Å². The molecule has 0 amide bonds. The molecule has 1 aromatic carbocycles. The van der Waals surface area contributed by atoms with E-state index >= 15 is 0 Å². The van der Waals surface area contributed by atoms with Crippen LogP contribution < -0.4 is 0 Å². The number of fused-ring (bicyclic) bond motifs is 1. The van der Waals surface area contributed by atoms with Crippen LogP contribution in [0.15, 0.2) is 24.3 Å². The molecule has 1 unspecified atom stereocenters. The molecule has 0 radical (unpaired) electrons. The Kier molecular flexibility index (Phi) is 2.70. The Balaban J connectivity index is 2.81. The van der Waals surface area contributed by atoms with Gasteiger partial charge in [0.2, 0.25) is 0 Å². The number of benzene rings is 1. The van der Waals surface area contributed by atoms with Crippen molar-refractivity contribution in [2.24, 2.45) is 0 Å². The molecule has 1 aromatic heterocycles. The predicted molar refractivity (Wildman–Crippen MR) is 61.8 cm³/mol. The standard InChI is InChI=1S/C12H12F3S/c1-3-10-7-9-5-4-8(2)6-11(9)16(10)12(13,14)15/h4-7H,3H2,1-2H3/q+1. The van der Waals surface area contributed by atoms with E-state index in [4.69, 9.17) is 0 Å². The van der Waals surface area contributed by atoms with Crippen molar-refractivity contribution in [2.75, 3.05) is 0 Å². The van der Waals surface area contributed by atoms with Gasteiger partial charge < -0.3 is 0 Å². The molecule has 0 aliphatic carbocycles. The minimum Gasteiger partial charge on any atom is -0.118 e. The van der Waals surface area contributed by atoms with Crippen LogP contribution in [0.1, 0.15) is 17.4 Å². The Hall–Kier alpha value is -1.03. The molecule has 0 fully saturated rings. The van der Waals surface area contributed by atoms with Crippen LogP contribution in [0.25, 0.3) is 10.1 Å². The normalized spacial score (nSPS) is 13.4. The molecule has 1 heterocycles. The summed E-state index contributed by atoms with van der Waals surface area (Å²) in [5, 5.41) is 0.725. The zero-order chi connectivity index (χ0) is 11.9. The Morgan fingerprint density at radius 1 is 1.19 bits per heavy atom. The molecular formula is C12H12F3S+. The van der Waals surface area contributed by atoms with Crippen molar-refractivity contribution in [3.8, 4) is 0 Å². The van der Waals surface area contributed by atoms with Gasteiger partial charge in [0, 0.05) is 23.9 Å². The van der Waals surface area contributed by atoms with E-state index in [2.05, 4.69) is 0 Å². The van der Waals surface area contributed by atoms with E-state index in [1.807, 2.05) is 13.0 Å². The van der Waals surface area contributed by atoms with Crippen LogP contribution in [0, 0.1) is 6.92 Å². The van der Waals surface area contributed by atoms with E-state index in [0.717, 1.165) is 10.9 Å². The minimum absolute atomic E-state index is 0.435. The lowest BCUT2D eigenvalue weighted by atomic mass is 10.2. The molecule has 0 saturated heterocycles. The van der Waals surface area contributed by atoms with Crippen molar-refractivity contribution < 1.29 is 13.2 Å². The SMILES string of the molecule is CCc1cc2ccc(C)cc2[s+]1C(F)(F)F. The summed E-state index contributed by atoms with van der Waals surface area (Å²) in [6, 6.07) is 6.97. The highest BCUT2D eigenvalue weighted by Crippen LogP contribution is 2.51. The first kappa shape index (κ1) is 11.5. The monoisotopic (exact) mass is 245 g/mol. The zero-order valence-corrected chi connectivity index (χ0v) is 9.88. The lowest BCUT2D eigenvalue weighted by Crippen LogP contribution is -1.97. The van der Waals surface area contributed by atoms with Crippen LogP contribution in [0.2, 0.25) is 0 Å². The van der Waals surface area contributed by atoms with Gasteiger partial charge in [-0.25, -0.2) is 0 Å². The van der Waals surface area contributed by atoms with Crippen LogP contribution in [0.5, 0.6) is 0 Å². The molecule has 0 aliphatic rings. The summed E-state index contributed by atoms with van der Waals surface area (Å²) in [4.78, 5) is 0.494. The van der Waals surface area contributed by atoms with Gasteiger partial charge in [-0.2, -0.15) is 0 Å². The van der Waals surface area contributed by atoms with Crippen molar-refractivity contribution in [3.05, 3.63) is 34.7 Å². The number of rotatable bonds is 1. The third-order valence-electron chi connectivity index (χ3n) is 2.55. The minimum atomic E-state index is -4.15. The van der Waals surface area contributed by atoms with Gasteiger partial charge in [-0.3, -0.25) is 0 Å². The van der Waals surface area contributed by atoms with Gasteiger partial charge in [0.1, 0.15) is 0 Å². The van der Waals surface area contributed by atoms with Gasteiger partial charge in [-0.15, -0.1) is 13.2 Å². The maximum absolute atomic E-state index is 13.0. The van der Waals surface area contributed by atoms with Crippen LogP contribution in [-0.2, 0) is 11.9 Å². The van der Waals surface area contributed by atoms with E-state index in [1.165, 1.54) is 0 Å². The maximum Gasteiger partial charge on any atom is 0.600 e. The summed E-state index contributed by atoms with van der Waals surface area (Å²) in [5.41, 5.74) is -3.27. The third kappa shape index (κ3) is 1.82. The van der Waals surface area contributed by atoms with E-state index in [9.17, 15) is 13.2 Å². The van der Waals surface area contributed by atoms with Gasteiger partial charge in [0.25, 0.3) is 0 Å². The second kappa shape index (κ2) is 3.77. The van der Waals surface area contributed by atoms with E-state index in [1.54, 1.807) is 25.1 Å². The molecule has 2 rings (SSSR count). The molecule has 0 bridgehead atoms. The number of thiophene rings is 1. The molecule has 0 spiro atoms. The van der Waals surface area contributed by atoms with Crippen molar-refractivity contribution >= 4 is 20.6 Å². The second-order valence-corrected chi connectivity index (χ2v) is 5.80. The smallest absolute Gasteiger partial charge is 0.118 e. The van der Waals surface area contributed by atoms with Gasteiger partial charge in [0.05, 0.1) is 10.5 Å². The number of aryl methyl sites for hydroxylation is 2. The molecule has 0 aliphatic heterocycles. The number of hydrogen-bond acceptors (Lipinski definition) is 0. The van der Waals surface area contributed by atoms with Crippen LogP contribution in [0.3, 0.4) is 0 Å². The first-order chi connectivity index (χ1) is 7.43. The fourth-order valence-corrected chi connectivity index (χ4v) is 3.86. The van der Waals surface area contributed by atoms with E-state index in [0.29, 0.717) is 16.0 Å². The molecule has 86 valence electrons. The number of halogens is 3. The quantitative estimate of drug-likeness (QED) is 0.624. The largest absolute Gasteiger partial charge is 0.600 e. The highest BCUT2D eigenvalue weighted by molar-refractivity contribution is 7.38. The van der Waals surface area contributed by atoms with Crippen molar-refractivity contribution in [2.45, 2.75) is 25.8 Å². The molecular weight excluding hydrogens is 233 g/mol. The van der Waals surface area contributed by atoms with Gasteiger partial charge in [-0.05, 0) is 18.6 Å². The lowest BCUT2D eigenvalue weighted by Gasteiger charge is -1.98. The molecule has 1 atom stereocenters. The Morgan fingerprint density at radius 2 is 1.88 bits per heavy atom. The average Bonchev–Trinajstić information content (AvgIpc) is 2.54. The highest BCUT2D eigenvalue weighted by atomic mass is 32.2. The maximum atomic E-state index is 13.0. The average molecular weight is 245 g/mol. The Labute approximate surface area is 94.7 Å². The molecule has 0 saturated carbocycles. The summed E-state index contributed by atoms with van der Waals surface area (Å²) >= 11 is 0. The van der Waals surface area contributed by atoms with Crippen molar-refractivity contribution in [1.29, 1.82) is 0 Å². The fourth-order valence-electron chi connectivity index (χ4n) is 1.83. The summed E-state index contributed by atoms with van der Waals surface area (Å²) in [6.45, 7) is 3.60. The molecule has 0 N–H and O–H groups in total. The van der Waals surface area contributed by atoms with Crippen molar-refractivity contribution in [1.82, 2.24) is 0 Å². The Morgan fingerprint density at radius 3 is 2.44 bits per heavy atom. The molecule has 2 aromatic rings. The zero-order valence-electron chi connectivity index (χ0n) is 9.06. The van der Waals surface area contributed by atoms with Gasteiger partial charge in [0.15, 0.2) is 9.58 Å². The van der Waals surface area contributed by atoms with Crippen LogP contribution in [0.4, 0.5) is 13.2 Å². The van der Waals surface area contributed by atoms with E-state index in [-0.39, 0.29) is 0 Å². The van der Waals surface area contributed by atoms with E-state index < -0.39 is 16.0 Å².